The van der Waals surface area contributed by atoms with Gasteiger partial charge in [0.15, 0.2) is 0 Å². The third-order valence-electron chi connectivity index (χ3n) is 10.7. The van der Waals surface area contributed by atoms with Crippen molar-refractivity contribution in [3.63, 3.8) is 0 Å². The van der Waals surface area contributed by atoms with E-state index in [0.717, 1.165) is 101 Å². The van der Waals surface area contributed by atoms with Gasteiger partial charge in [0.1, 0.15) is 17.8 Å². The Balaban J connectivity index is 0.903. The highest BCUT2D eigenvalue weighted by atomic mass is 16.5. The number of amides is 2. The predicted octanol–water partition coefficient (Wildman–Crippen LogP) is 7.27. The van der Waals surface area contributed by atoms with Crippen LogP contribution in [-0.4, -0.2) is 67.4 Å². The molecule has 3 atom stereocenters. The van der Waals surface area contributed by atoms with E-state index in [0.29, 0.717) is 25.3 Å². The molecule has 0 bridgehead atoms. The van der Waals surface area contributed by atoms with Crippen LogP contribution in [0.25, 0.3) is 22.1 Å². The highest BCUT2D eigenvalue weighted by Crippen LogP contribution is 2.35. The molecule has 5 heterocycles. The van der Waals surface area contributed by atoms with Gasteiger partial charge in [0.05, 0.1) is 39.7 Å². The molecule has 53 heavy (non-hydrogen) atoms. The van der Waals surface area contributed by atoms with Crippen molar-refractivity contribution < 1.29 is 14.3 Å². The minimum atomic E-state index is -0.322. The fraction of sp³-hybridized carbons (Fsp3) is 0.302. The normalized spacial score (nSPS) is 19.9. The van der Waals surface area contributed by atoms with Crippen LogP contribution >= 0.6 is 0 Å². The maximum Gasteiger partial charge on any atom is 0.256 e. The van der Waals surface area contributed by atoms with E-state index in [1.807, 2.05) is 88.7 Å². The molecule has 3 N–H and O–H groups in total. The number of para-hydroxylation sites is 1. The zero-order valence-corrected chi connectivity index (χ0v) is 29.5. The Morgan fingerprint density at radius 1 is 0.736 bits per heavy atom. The number of ether oxygens (including phenoxy) is 1. The van der Waals surface area contributed by atoms with Gasteiger partial charge < -0.3 is 29.8 Å². The van der Waals surface area contributed by atoms with Gasteiger partial charge in [0.25, 0.3) is 11.8 Å². The molecule has 2 aromatic heterocycles. The number of carbonyl (C=O) groups is 2. The number of nitrogens with zero attached hydrogens (tertiary/aromatic N) is 4. The van der Waals surface area contributed by atoms with Gasteiger partial charge >= 0.3 is 0 Å². The molecule has 0 spiro atoms. The number of hydrogen-bond acceptors (Lipinski definition) is 6. The fourth-order valence-corrected chi connectivity index (χ4v) is 8.01. The van der Waals surface area contributed by atoms with Gasteiger partial charge in [-0.3, -0.25) is 9.59 Å². The SMILES string of the molecule is O=C([C@@H]1CCCO1)N1CCCC1c1nc2ccc(C#Cc3ccc4nc([C@@H]5CCCN5C(=O)c5ccccc5NCc5ccccc5)[nH]c4c3)cc2[nH]1. The fourth-order valence-electron chi connectivity index (χ4n) is 8.01. The van der Waals surface area contributed by atoms with Crippen molar-refractivity contribution in [2.75, 3.05) is 25.0 Å². The average molecular weight is 704 g/mol. The summed E-state index contributed by atoms with van der Waals surface area (Å²) in [6.07, 6.45) is 5.01. The Kier molecular flexibility index (Phi) is 8.86. The number of hydrogen-bond donors (Lipinski definition) is 3. The third-order valence-corrected chi connectivity index (χ3v) is 10.7. The number of anilines is 1. The number of aromatic nitrogens is 4. The second kappa shape index (κ2) is 14.2. The van der Waals surface area contributed by atoms with Gasteiger partial charge in [-0.05, 0) is 92.6 Å². The molecule has 0 radical (unpaired) electrons. The van der Waals surface area contributed by atoms with Crippen LogP contribution in [0.15, 0.2) is 91.0 Å². The minimum absolute atomic E-state index is 0.00441. The van der Waals surface area contributed by atoms with Crippen LogP contribution in [0.3, 0.4) is 0 Å². The predicted molar refractivity (Wildman–Crippen MR) is 204 cm³/mol. The van der Waals surface area contributed by atoms with Crippen LogP contribution in [0.2, 0.25) is 0 Å². The van der Waals surface area contributed by atoms with Crippen LogP contribution in [0.1, 0.15) is 89.3 Å². The summed E-state index contributed by atoms with van der Waals surface area (Å²) in [6, 6.07) is 29.7. The number of likely N-dealkylation sites (tertiary alicyclic amines) is 2. The van der Waals surface area contributed by atoms with E-state index >= 15 is 0 Å². The van der Waals surface area contributed by atoms with Crippen molar-refractivity contribution in [1.29, 1.82) is 0 Å². The summed E-state index contributed by atoms with van der Waals surface area (Å²) < 4.78 is 5.69. The Morgan fingerprint density at radius 3 is 2.02 bits per heavy atom. The largest absolute Gasteiger partial charge is 0.380 e. The standard InChI is InChI=1S/C43H41N7O3/c51-42(31-11-4-5-12-32(31)44-27-30-9-2-1-3-10-30)49-22-6-13-37(49)40-45-33-20-18-28(25-35(33)47-40)16-17-29-19-21-34-36(26-29)48-41(46-34)38-14-7-23-50(38)43(52)39-15-8-24-53-39/h1-5,9-12,18-21,25-26,37-39,44H,6-8,13-15,22-24,27H2,(H,45,47)(H,46,48)/t37-,38?,39-/m0/s1. The Hall–Kier alpha value is -5.92. The van der Waals surface area contributed by atoms with Crippen molar-refractivity contribution >= 4 is 39.6 Å². The van der Waals surface area contributed by atoms with Gasteiger partial charge in [-0.15, -0.1) is 0 Å². The molecule has 266 valence electrons. The molecule has 4 aromatic carbocycles. The summed E-state index contributed by atoms with van der Waals surface area (Å²) in [7, 11) is 0. The van der Waals surface area contributed by atoms with Crippen molar-refractivity contribution in [1.82, 2.24) is 29.7 Å². The van der Waals surface area contributed by atoms with Crippen LogP contribution in [0, 0.1) is 11.8 Å². The number of benzene rings is 4. The monoisotopic (exact) mass is 703 g/mol. The zero-order chi connectivity index (χ0) is 35.7. The zero-order valence-electron chi connectivity index (χ0n) is 29.5. The highest BCUT2D eigenvalue weighted by molar-refractivity contribution is 6.00. The van der Waals surface area contributed by atoms with Crippen molar-refractivity contribution in [2.45, 2.75) is 63.3 Å². The number of rotatable bonds is 7. The first-order valence-corrected chi connectivity index (χ1v) is 18.7. The van der Waals surface area contributed by atoms with Gasteiger partial charge in [0, 0.05) is 43.1 Å². The summed E-state index contributed by atoms with van der Waals surface area (Å²) >= 11 is 0. The molecular weight excluding hydrogens is 663 g/mol. The number of carbonyl (C=O) groups excluding carboxylic acids is 2. The molecule has 6 aromatic rings. The van der Waals surface area contributed by atoms with E-state index in [4.69, 9.17) is 14.7 Å². The van der Waals surface area contributed by atoms with Crippen LogP contribution in [0.4, 0.5) is 5.69 Å². The Bertz CT molecular complexity index is 2370. The second-order valence-electron chi connectivity index (χ2n) is 14.2. The number of imidazole rings is 2. The summed E-state index contributed by atoms with van der Waals surface area (Å²) in [4.78, 5) is 47.8. The van der Waals surface area contributed by atoms with Crippen LogP contribution in [-0.2, 0) is 16.1 Å². The first kappa shape index (κ1) is 33.0. The molecule has 0 saturated carbocycles. The van der Waals surface area contributed by atoms with Crippen LogP contribution in [0.5, 0.6) is 0 Å². The summed E-state index contributed by atoms with van der Waals surface area (Å²) in [6.45, 7) is 2.71. The number of fused-ring (bicyclic) bond motifs is 2. The smallest absolute Gasteiger partial charge is 0.256 e. The van der Waals surface area contributed by atoms with Crippen molar-refractivity contribution in [3.05, 3.63) is 125 Å². The number of H-pyrrole nitrogens is 2. The van der Waals surface area contributed by atoms with Gasteiger partial charge in [0.2, 0.25) is 0 Å². The molecule has 1 unspecified atom stereocenters. The maximum atomic E-state index is 14.0. The first-order valence-electron chi connectivity index (χ1n) is 18.7. The molecule has 3 fully saturated rings. The molecule has 10 heteroatoms. The van der Waals surface area contributed by atoms with Gasteiger partial charge in [-0.2, -0.15) is 0 Å². The van der Waals surface area contributed by atoms with E-state index in [1.165, 1.54) is 0 Å². The van der Waals surface area contributed by atoms with E-state index < -0.39 is 0 Å². The quantitative estimate of drug-likeness (QED) is 0.151. The third kappa shape index (κ3) is 6.64. The van der Waals surface area contributed by atoms with Gasteiger partial charge in [-0.1, -0.05) is 54.3 Å². The number of aromatic amines is 2. The lowest BCUT2D eigenvalue weighted by molar-refractivity contribution is -0.142. The molecule has 0 aliphatic carbocycles. The molecule has 3 aliphatic rings. The first-order chi connectivity index (χ1) is 26.1. The van der Waals surface area contributed by atoms with E-state index in [1.54, 1.807) is 0 Å². The minimum Gasteiger partial charge on any atom is -0.380 e. The van der Waals surface area contributed by atoms with E-state index in [-0.39, 0.29) is 30.0 Å². The summed E-state index contributed by atoms with van der Waals surface area (Å²) in [5, 5.41) is 3.47. The molecule has 10 nitrogen and oxygen atoms in total. The lowest BCUT2D eigenvalue weighted by Crippen LogP contribution is -2.38. The number of nitrogens with one attached hydrogen (secondary N) is 3. The molecular formula is C43H41N7O3. The molecule has 2 amide bonds. The van der Waals surface area contributed by atoms with Gasteiger partial charge in [-0.25, -0.2) is 9.97 Å². The van der Waals surface area contributed by atoms with Crippen molar-refractivity contribution in [2.24, 2.45) is 0 Å². The van der Waals surface area contributed by atoms with Crippen molar-refractivity contribution in [3.8, 4) is 11.8 Å². The molecule has 3 aliphatic heterocycles. The highest BCUT2D eigenvalue weighted by Gasteiger charge is 2.37. The Labute approximate surface area is 308 Å². The Morgan fingerprint density at radius 2 is 1.36 bits per heavy atom. The van der Waals surface area contributed by atoms with E-state index in [9.17, 15) is 9.59 Å². The summed E-state index contributed by atoms with van der Waals surface area (Å²) in [5.74, 6) is 8.34. The average Bonchev–Trinajstić information content (AvgIpc) is 4.05. The van der Waals surface area contributed by atoms with E-state index in [2.05, 4.69) is 39.3 Å². The molecule has 9 rings (SSSR count). The lowest BCUT2D eigenvalue weighted by Gasteiger charge is -2.25. The second-order valence-corrected chi connectivity index (χ2v) is 14.2. The maximum absolute atomic E-state index is 14.0. The topological polar surface area (TPSA) is 119 Å². The lowest BCUT2D eigenvalue weighted by atomic mass is 10.1. The summed E-state index contributed by atoms with van der Waals surface area (Å²) in [5.41, 5.74) is 7.89. The van der Waals surface area contributed by atoms with Crippen LogP contribution < -0.4 is 5.32 Å². The molecule has 3 saturated heterocycles.